The van der Waals surface area contributed by atoms with Crippen LogP contribution in [0.3, 0.4) is 0 Å². The van der Waals surface area contributed by atoms with Crippen molar-refractivity contribution < 1.29 is 47.4 Å². The molecule has 3 saturated heterocycles. The summed E-state index contributed by atoms with van der Waals surface area (Å²) in [4.78, 5) is 103. The molecule has 0 bridgehead atoms. The Labute approximate surface area is 414 Å². The fourth-order valence-electron chi connectivity index (χ4n) is 10.0. The molecule has 1 saturated carbocycles. The molecular formula is C53H54FN9O9. The first-order chi connectivity index (χ1) is 34.8. The number of halogens is 1. The van der Waals surface area contributed by atoms with Crippen molar-refractivity contribution in [2.75, 3.05) is 80.3 Å². The Kier molecular flexibility index (Phi) is 13.4. The Bertz CT molecular complexity index is 2970. The van der Waals surface area contributed by atoms with Crippen LogP contribution in [0.4, 0.5) is 27.1 Å². The van der Waals surface area contributed by atoms with Crippen molar-refractivity contribution in [1.82, 2.24) is 25.0 Å². The quantitative estimate of drug-likeness (QED) is 0.0723. The summed E-state index contributed by atoms with van der Waals surface area (Å²) in [6.07, 6.45) is 4.99. The molecule has 19 heteroatoms. The largest absolute Gasteiger partial charge is 0.495 e. The Morgan fingerprint density at radius 2 is 1.43 bits per heavy atom. The van der Waals surface area contributed by atoms with Crippen LogP contribution in [0, 0.1) is 17.2 Å². The molecule has 4 aromatic carbocycles. The average molecular weight is 980 g/mol. The maximum Gasteiger partial charge on any atom is 0.262 e. The van der Waals surface area contributed by atoms with Crippen molar-refractivity contribution in [3.63, 3.8) is 0 Å². The van der Waals surface area contributed by atoms with Crippen molar-refractivity contribution in [1.29, 1.82) is 0 Å². The SMILES string of the molecule is COc1cc2c(Oc3ccc(NC(=O)C4(C(=O)Nc5ccc(F)cc5)CC4)cc3)ccnc2cc1NC(=O)CCN1CCC(CN2CCN(c3ccc4c(c3)C(=O)N(C3CCC(=O)NC3=O)C4=O)CC2)CC1. The molecule has 4 aliphatic heterocycles. The van der Waals surface area contributed by atoms with Crippen LogP contribution in [0.1, 0.15) is 65.7 Å². The standard InChI is InChI=1S/C53H54FN9O9/c1-71-45-29-40-41(55-20-14-44(40)72-37-9-6-35(7-10-37)57-52(70)53(18-19-53)51(69)56-34-4-2-33(54)3-5-34)30-42(45)58-47(65)17-23-60-21-15-32(16-22-60)31-61-24-26-62(27-25-61)36-8-11-38-39(28-36)50(68)63(49(38)67)43-12-13-46(64)59-48(43)66/h2-11,14,20,28-30,32,43H,12-13,15-19,21-27,31H2,1H3,(H,56,69)(H,57,70)(H,58,65)(H,59,64,66). The summed E-state index contributed by atoms with van der Waals surface area (Å²) in [7, 11) is 1.53. The second kappa shape index (κ2) is 20.2. The van der Waals surface area contributed by atoms with Gasteiger partial charge in [-0.05, 0) is 136 Å². The monoisotopic (exact) mass is 979 g/mol. The van der Waals surface area contributed by atoms with Gasteiger partial charge in [0.2, 0.25) is 29.5 Å². The number of fused-ring (bicyclic) bond motifs is 2. The number of ether oxygens (including phenoxy) is 2. The highest BCUT2D eigenvalue weighted by Crippen LogP contribution is 2.48. The van der Waals surface area contributed by atoms with Gasteiger partial charge in [0.1, 0.15) is 34.5 Å². The number of carbonyl (C=O) groups is 7. The summed E-state index contributed by atoms with van der Waals surface area (Å²) < 4.78 is 25.3. The maximum absolute atomic E-state index is 13.4. The van der Waals surface area contributed by atoms with E-state index in [4.69, 9.17) is 9.47 Å². The fraction of sp³-hybridized carbons (Fsp3) is 0.358. The van der Waals surface area contributed by atoms with Crippen LogP contribution >= 0.6 is 0 Å². The number of anilines is 4. The first-order valence-corrected chi connectivity index (χ1v) is 24.3. The molecule has 1 atom stereocenters. The van der Waals surface area contributed by atoms with Gasteiger partial charge in [-0.1, -0.05) is 0 Å². The third-order valence-electron chi connectivity index (χ3n) is 14.4. The number of hydrogen-bond acceptors (Lipinski definition) is 13. The van der Waals surface area contributed by atoms with Gasteiger partial charge in [-0.3, -0.25) is 53.7 Å². The first kappa shape index (κ1) is 47.9. The summed E-state index contributed by atoms with van der Waals surface area (Å²) >= 11 is 0. The molecule has 7 amide bonds. The van der Waals surface area contributed by atoms with E-state index in [1.807, 2.05) is 6.07 Å². The number of hydrogen-bond donors (Lipinski definition) is 4. The molecule has 372 valence electrons. The van der Waals surface area contributed by atoms with Crippen molar-refractivity contribution >= 4 is 75.0 Å². The van der Waals surface area contributed by atoms with E-state index in [1.165, 1.54) is 31.4 Å². The maximum atomic E-state index is 13.4. The summed E-state index contributed by atoms with van der Waals surface area (Å²) in [6.45, 7) is 6.67. The van der Waals surface area contributed by atoms with E-state index in [-0.39, 0.29) is 29.9 Å². The van der Waals surface area contributed by atoms with E-state index in [1.54, 1.807) is 60.8 Å². The van der Waals surface area contributed by atoms with Crippen molar-refractivity contribution in [3.8, 4) is 17.2 Å². The van der Waals surface area contributed by atoms with E-state index in [2.05, 4.69) is 41.0 Å². The Morgan fingerprint density at radius 1 is 0.750 bits per heavy atom. The summed E-state index contributed by atoms with van der Waals surface area (Å²) in [5.41, 5.74) is 2.20. The molecule has 0 radical (unpaired) electrons. The lowest BCUT2D eigenvalue weighted by Gasteiger charge is -2.39. The van der Waals surface area contributed by atoms with Gasteiger partial charge >= 0.3 is 0 Å². The van der Waals surface area contributed by atoms with Gasteiger partial charge in [-0.15, -0.1) is 0 Å². The van der Waals surface area contributed by atoms with Crippen LogP contribution in [0.5, 0.6) is 17.2 Å². The topological polar surface area (TPSA) is 212 Å². The van der Waals surface area contributed by atoms with Crippen LogP contribution < -0.4 is 35.6 Å². The van der Waals surface area contributed by atoms with E-state index in [9.17, 15) is 38.0 Å². The van der Waals surface area contributed by atoms with E-state index < -0.39 is 52.7 Å². The van der Waals surface area contributed by atoms with Crippen LogP contribution in [0.2, 0.25) is 0 Å². The zero-order valence-electron chi connectivity index (χ0n) is 39.7. The average Bonchev–Trinajstić information content (AvgIpc) is 4.17. The summed E-state index contributed by atoms with van der Waals surface area (Å²) in [6, 6.07) is 21.7. The number of rotatable bonds is 15. The van der Waals surface area contributed by atoms with Gasteiger partial charge in [-0.25, -0.2) is 4.39 Å². The minimum atomic E-state index is -1.20. The molecule has 10 rings (SSSR count). The molecule has 1 aromatic heterocycles. The van der Waals surface area contributed by atoms with Crippen molar-refractivity contribution in [2.45, 2.75) is 51.0 Å². The number of carbonyl (C=O) groups excluding carboxylic acids is 7. The zero-order chi connectivity index (χ0) is 50.1. The van der Waals surface area contributed by atoms with Crippen LogP contribution in [0.25, 0.3) is 10.9 Å². The third-order valence-corrected chi connectivity index (χ3v) is 14.4. The lowest BCUT2D eigenvalue weighted by Crippen LogP contribution is -2.54. The Morgan fingerprint density at radius 3 is 2.10 bits per heavy atom. The molecule has 1 aliphatic carbocycles. The van der Waals surface area contributed by atoms with Gasteiger partial charge in [0, 0.05) is 80.8 Å². The number of benzene rings is 4. The number of piperazine rings is 1. The number of amides is 7. The van der Waals surface area contributed by atoms with Crippen LogP contribution in [-0.4, -0.2) is 127 Å². The Hall–Kier alpha value is -7.77. The normalized spacial score (nSPS) is 19.2. The molecule has 5 aliphatic rings. The molecule has 0 spiro atoms. The van der Waals surface area contributed by atoms with E-state index >= 15 is 0 Å². The number of nitrogens with zero attached hydrogens (tertiary/aromatic N) is 5. The molecule has 5 heterocycles. The minimum Gasteiger partial charge on any atom is -0.495 e. The minimum absolute atomic E-state index is 0.0752. The second-order valence-electron chi connectivity index (χ2n) is 19.1. The molecular weight excluding hydrogens is 926 g/mol. The molecule has 18 nitrogen and oxygen atoms in total. The predicted octanol–water partition coefficient (Wildman–Crippen LogP) is 5.80. The molecule has 4 fully saturated rings. The number of methoxy groups -OCH3 is 1. The van der Waals surface area contributed by atoms with Crippen molar-refractivity contribution in [3.05, 3.63) is 108 Å². The lowest BCUT2D eigenvalue weighted by molar-refractivity contribution is -0.136. The van der Waals surface area contributed by atoms with Gasteiger partial charge in [0.25, 0.3) is 11.8 Å². The summed E-state index contributed by atoms with van der Waals surface area (Å²) in [5.74, 6) is -1.48. The highest BCUT2D eigenvalue weighted by Gasteiger charge is 2.56. The number of nitrogens with one attached hydrogen (secondary N) is 4. The third kappa shape index (κ3) is 10.1. The van der Waals surface area contributed by atoms with E-state index in [0.717, 1.165) is 69.2 Å². The van der Waals surface area contributed by atoms with Gasteiger partial charge in [0.15, 0.2) is 0 Å². The van der Waals surface area contributed by atoms with Gasteiger partial charge in [0.05, 0.1) is 29.4 Å². The smallest absolute Gasteiger partial charge is 0.262 e. The highest BCUT2D eigenvalue weighted by atomic mass is 19.1. The number of imide groups is 2. The number of piperidine rings is 2. The molecule has 4 N–H and O–H groups in total. The lowest BCUT2D eigenvalue weighted by atomic mass is 9.95. The first-order valence-electron chi connectivity index (χ1n) is 24.3. The Balaban J connectivity index is 0.662. The highest BCUT2D eigenvalue weighted by molar-refractivity contribution is 6.24. The van der Waals surface area contributed by atoms with E-state index in [0.29, 0.717) is 76.9 Å². The fourth-order valence-corrected chi connectivity index (χ4v) is 10.0. The number of aromatic nitrogens is 1. The van der Waals surface area contributed by atoms with Gasteiger partial charge in [-0.2, -0.15) is 0 Å². The number of likely N-dealkylation sites (tertiary alicyclic amines) is 1. The number of pyridine rings is 1. The van der Waals surface area contributed by atoms with Crippen LogP contribution in [0.15, 0.2) is 91.1 Å². The second-order valence-corrected chi connectivity index (χ2v) is 19.1. The molecule has 1 unspecified atom stereocenters. The zero-order valence-corrected chi connectivity index (χ0v) is 39.7. The molecule has 72 heavy (non-hydrogen) atoms. The van der Waals surface area contributed by atoms with Crippen LogP contribution in [-0.2, 0) is 24.0 Å². The predicted molar refractivity (Wildman–Crippen MR) is 264 cm³/mol. The van der Waals surface area contributed by atoms with Gasteiger partial charge < -0.3 is 35.2 Å². The summed E-state index contributed by atoms with van der Waals surface area (Å²) in [5, 5.41) is 11.5. The van der Waals surface area contributed by atoms with Crippen molar-refractivity contribution in [2.24, 2.45) is 11.3 Å². The molecule has 5 aromatic rings.